The van der Waals surface area contributed by atoms with Gasteiger partial charge in [-0.1, -0.05) is 23.7 Å². The van der Waals surface area contributed by atoms with Gasteiger partial charge in [-0.05, 0) is 18.6 Å². The molecule has 1 heterocycles. The summed E-state index contributed by atoms with van der Waals surface area (Å²) in [5.74, 6) is 0.222. The van der Waals surface area contributed by atoms with E-state index in [4.69, 9.17) is 11.6 Å². The summed E-state index contributed by atoms with van der Waals surface area (Å²) in [6, 6.07) is 6.33. The Morgan fingerprint density at radius 2 is 2.17 bits per heavy atom. The molecule has 0 aliphatic heterocycles. The van der Waals surface area contributed by atoms with Crippen molar-refractivity contribution < 1.29 is 4.92 Å². The van der Waals surface area contributed by atoms with Crippen molar-refractivity contribution >= 4 is 28.9 Å². The molecule has 0 aliphatic rings. The number of nitrogens with zero attached hydrogens (tertiary/aromatic N) is 3. The second kappa shape index (κ2) is 4.97. The van der Waals surface area contributed by atoms with Gasteiger partial charge in [-0.2, -0.15) is 0 Å². The highest BCUT2D eigenvalue weighted by atomic mass is 35.5. The first-order valence-electron chi connectivity index (χ1n) is 5.07. The Hall–Kier alpha value is -2.21. The fourth-order valence-corrected chi connectivity index (χ4v) is 1.61. The average Bonchev–Trinajstić information content (AvgIpc) is 2.31. The topological polar surface area (TPSA) is 81.0 Å². The number of nitro groups is 1. The number of halogens is 1. The lowest BCUT2D eigenvalue weighted by molar-refractivity contribution is -0.384. The molecule has 1 N–H and O–H groups in total. The van der Waals surface area contributed by atoms with Crippen LogP contribution in [0.5, 0.6) is 0 Å². The van der Waals surface area contributed by atoms with Gasteiger partial charge in [-0.15, -0.1) is 0 Å². The number of nitrogens with one attached hydrogen (secondary N) is 1. The van der Waals surface area contributed by atoms with Crippen molar-refractivity contribution in [1.82, 2.24) is 9.97 Å². The molecule has 0 saturated heterocycles. The number of rotatable bonds is 3. The van der Waals surface area contributed by atoms with Crippen LogP contribution in [0.15, 0.2) is 30.5 Å². The minimum absolute atomic E-state index is 0.0291. The minimum Gasteiger partial charge on any atom is -0.318 e. The molecule has 1 aromatic heterocycles. The van der Waals surface area contributed by atoms with Crippen LogP contribution in [0.3, 0.4) is 0 Å². The molecule has 0 atom stereocenters. The average molecular weight is 265 g/mol. The van der Waals surface area contributed by atoms with Crippen LogP contribution in [0, 0.1) is 17.0 Å². The molecule has 92 valence electrons. The Balaban J connectivity index is 2.42. The molecular formula is C11H9ClN4O2. The summed E-state index contributed by atoms with van der Waals surface area (Å²) in [5.41, 5.74) is 1.07. The molecule has 2 aromatic rings. The molecular weight excluding hydrogens is 256 g/mol. The zero-order valence-electron chi connectivity index (χ0n) is 9.42. The molecule has 0 fully saturated rings. The first-order valence-corrected chi connectivity index (χ1v) is 5.45. The summed E-state index contributed by atoms with van der Waals surface area (Å²) in [6.07, 6.45) is 1.47. The van der Waals surface area contributed by atoms with Crippen LogP contribution in [0.25, 0.3) is 0 Å². The van der Waals surface area contributed by atoms with Crippen LogP contribution < -0.4 is 5.32 Å². The molecule has 0 saturated carbocycles. The Kier molecular flexibility index (Phi) is 3.38. The van der Waals surface area contributed by atoms with Crippen molar-refractivity contribution in [1.29, 1.82) is 0 Å². The van der Waals surface area contributed by atoms with Gasteiger partial charge in [0.15, 0.2) is 0 Å². The molecule has 0 radical (unpaired) electrons. The summed E-state index contributed by atoms with van der Waals surface area (Å²) < 4.78 is 0. The van der Waals surface area contributed by atoms with Gasteiger partial charge in [0, 0.05) is 12.3 Å². The molecule has 2 rings (SSSR count). The monoisotopic (exact) mass is 264 g/mol. The zero-order valence-corrected chi connectivity index (χ0v) is 10.2. The van der Waals surface area contributed by atoms with Crippen LogP contribution >= 0.6 is 11.6 Å². The van der Waals surface area contributed by atoms with E-state index < -0.39 is 4.92 Å². The molecule has 0 amide bonds. The molecule has 0 spiro atoms. The number of anilines is 2. The maximum absolute atomic E-state index is 10.9. The molecule has 0 aliphatic carbocycles. The van der Waals surface area contributed by atoms with Crippen LogP contribution in [0.4, 0.5) is 17.3 Å². The number of aromatic nitrogens is 2. The third-order valence-corrected chi connectivity index (χ3v) is 2.52. The molecule has 18 heavy (non-hydrogen) atoms. The minimum atomic E-state index is -0.458. The predicted molar refractivity (Wildman–Crippen MR) is 68.2 cm³/mol. The quantitative estimate of drug-likeness (QED) is 0.523. The molecule has 6 nitrogen and oxygen atoms in total. The Labute approximate surface area is 108 Å². The van der Waals surface area contributed by atoms with Gasteiger partial charge >= 0.3 is 0 Å². The lowest BCUT2D eigenvalue weighted by Gasteiger charge is -2.08. The standard InChI is InChI=1S/C11H9ClN4O2/c1-7-3-2-4-8(16(17)18)10(7)15-11-13-6-5-9(12)14-11/h2-6H,1H3,(H,13,14,15). The Morgan fingerprint density at radius 1 is 1.39 bits per heavy atom. The van der Waals surface area contributed by atoms with E-state index in [1.165, 1.54) is 18.3 Å². The molecule has 1 aromatic carbocycles. The van der Waals surface area contributed by atoms with Gasteiger partial charge in [0.1, 0.15) is 10.8 Å². The summed E-state index contributed by atoms with van der Waals surface area (Å²) in [6.45, 7) is 1.76. The lowest BCUT2D eigenvalue weighted by atomic mass is 10.1. The van der Waals surface area contributed by atoms with Gasteiger partial charge < -0.3 is 5.32 Å². The maximum Gasteiger partial charge on any atom is 0.293 e. The summed E-state index contributed by atoms with van der Waals surface area (Å²) in [5, 5.41) is 14.0. The normalized spacial score (nSPS) is 10.1. The van der Waals surface area contributed by atoms with E-state index in [1.54, 1.807) is 19.1 Å². The Morgan fingerprint density at radius 3 is 2.83 bits per heavy atom. The largest absolute Gasteiger partial charge is 0.318 e. The highest BCUT2D eigenvalue weighted by molar-refractivity contribution is 6.29. The second-order valence-electron chi connectivity index (χ2n) is 3.55. The van der Waals surface area contributed by atoms with E-state index >= 15 is 0 Å². The van der Waals surface area contributed by atoms with E-state index in [1.807, 2.05) is 0 Å². The summed E-state index contributed by atoms with van der Waals surface area (Å²) in [7, 11) is 0. The third kappa shape index (κ3) is 2.54. The van der Waals surface area contributed by atoms with E-state index in [0.29, 0.717) is 5.69 Å². The summed E-state index contributed by atoms with van der Waals surface area (Å²) in [4.78, 5) is 18.3. The third-order valence-electron chi connectivity index (χ3n) is 2.31. The Bertz CT molecular complexity index is 603. The van der Waals surface area contributed by atoms with Gasteiger partial charge in [0.05, 0.1) is 4.92 Å². The van der Waals surface area contributed by atoms with Crippen molar-refractivity contribution in [2.75, 3.05) is 5.32 Å². The van der Waals surface area contributed by atoms with E-state index in [2.05, 4.69) is 15.3 Å². The van der Waals surface area contributed by atoms with Gasteiger partial charge in [0.25, 0.3) is 5.69 Å². The fourth-order valence-electron chi connectivity index (χ4n) is 1.48. The van der Waals surface area contributed by atoms with Crippen LogP contribution in [-0.2, 0) is 0 Å². The van der Waals surface area contributed by atoms with Crippen molar-refractivity contribution in [3.05, 3.63) is 51.3 Å². The van der Waals surface area contributed by atoms with Gasteiger partial charge in [0.2, 0.25) is 5.95 Å². The fraction of sp³-hybridized carbons (Fsp3) is 0.0909. The van der Waals surface area contributed by atoms with Crippen LogP contribution in [0.1, 0.15) is 5.56 Å². The summed E-state index contributed by atoms with van der Waals surface area (Å²) >= 11 is 5.73. The van der Waals surface area contributed by atoms with Crippen molar-refractivity contribution in [2.24, 2.45) is 0 Å². The predicted octanol–water partition coefficient (Wildman–Crippen LogP) is 3.09. The maximum atomic E-state index is 10.9. The van der Waals surface area contributed by atoms with E-state index in [9.17, 15) is 10.1 Å². The van der Waals surface area contributed by atoms with Crippen molar-refractivity contribution in [3.63, 3.8) is 0 Å². The number of para-hydroxylation sites is 1. The van der Waals surface area contributed by atoms with Crippen molar-refractivity contribution in [2.45, 2.75) is 6.92 Å². The lowest BCUT2D eigenvalue weighted by Crippen LogP contribution is -2.02. The highest BCUT2D eigenvalue weighted by Crippen LogP contribution is 2.29. The number of hydrogen-bond donors (Lipinski definition) is 1. The van der Waals surface area contributed by atoms with E-state index in [0.717, 1.165) is 5.56 Å². The number of aryl methyl sites for hydroxylation is 1. The molecule has 0 bridgehead atoms. The number of hydrogen-bond acceptors (Lipinski definition) is 5. The second-order valence-corrected chi connectivity index (χ2v) is 3.94. The molecule has 7 heteroatoms. The first-order chi connectivity index (χ1) is 8.58. The van der Waals surface area contributed by atoms with Gasteiger partial charge in [-0.3, -0.25) is 10.1 Å². The van der Waals surface area contributed by atoms with E-state index in [-0.39, 0.29) is 16.8 Å². The first kappa shape index (κ1) is 12.3. The molecule has 0 unspecified atom stereocenters. The van der Waals surface area contributed by atoms with Crippen LogP contribution in [-0.4, -0.2) is 14.9 Å². The SMILES string of the molecule is Cc1cccc([N+](=O)[O-])c1Nc1nccc(Cl)n1. The number of nitro benzene ring substituents is 1. The number of benzene rings is 1. The smallest absolute Gasteiger partial charge is 0.293 e. The van der Waals surface area contributed by atoms with Crippen molar-refractivity contribution in [3.8, 4) is 0 Å². The van der Waals surface area contributed by atoms with Crippen LogP contribution in [0.2, 0.25) is 5.15 Å². The van der Waals surface area contributed by atoms with Gasteiger partial charge in [-0.25, -0.2) is 9.97 Å². The highest BCUT2D eigenvalue weighted by Gasteiger charge is 2.16. The zero-order chi connectivity index (χ0) is 13.1.